The van der Waals surface area contributed by atoms with E-state index in [1.807, 2.05) is 19.1 Å². The molecule has 2 N–H and O–H groups in total. The molecule has 0 atom stereocenters. The predicted molar refractivity (Wildman–Crippen MR) is 82.9 cm³/mol. The van der Waals surface area contributed by atoms with E-state index < -0.39 is 0 Å². The van der Waals surface area contributed by atoms with Crippen molar-refractivity contribution in [2.24, 2.45) is 4.99 Å². The van der Waals surface area contributed by atoms with Crippen LogP contribution in [0, 0.1) is 0 Å². The van der Waals surface area contributed by atoms with Crippen LogP contribution in [0.1, 0.15) is 18.1 Å². The minimum Gasteiger partial charge on any atom is -0.507 e. The minimum absolute atomic E-state index is 0.124. The molecule has 0 aliphatic heterocycles. The number of nitrogens with zero attached hydrogens (tertiary/aromatic N) is 1. The highest BCUT2D eigenvalue weighted by molar-refractivity contribution is 6.36. The molecule has 20 heavy (non-hydrogen) atoms. The van der Waals surface area contributed by atoms with E-state index in [2.05, 4.69) is 4.99 Å². The molecule has 2 aromatic carbocycles. The molecule has 0 aliphatic rings. The lowest BCUT2D eigenvalue weighted by Crippen LogP contribution is -1.87. The van der Waals surface area contributed by atoms with Gasteiger partial charge in [-0.3, -0.25) is 4.99 Å². The maximum absolute atomic E-state index is 9.80. The van der Waals surface area contributed by atoms with Crippen molar-refractivity contribution < 1.29 is 10.2 Å². The van der Waals surface area contributed by atoms with Gasteiger partial charge >= 0.3 is 0 Å². The van der Waals surface area contributed by atoms with Crippen molar-refractivity contribution in [3.05, 3.63) is 51.5 Å². The second kappa shape index (κ2) is 6.16. The molecule has 0 saturated carbocycles. The average molecular weight is 310 g/mol. The quantitative estimate of drug-likeness (QED) is 0.806. The first-order valence-corrected chi connectivity index (χ1v) is 6.80. The van der Waals surface area contributed by atoms with Crippen molar-refractivity contribution in [3.63, 3.8) is 0 Å². The molecule has 0 bridgehead atoms. The van der Waals surface area contributed by atoms with Gasteiger partial charge in [0.25, 0.3) is 0 Å². The van der Waals surface area contributed by atoms with Crippen LogP contribution in [0.15, 0.2) is 35.3 Å². The van der Waals surface area contributed by atoms with E-state index in [-0.39, 0.29) is 22.2 Å². The number of phenols is 2. The molecule has 104 valence electrons. The normalized spacial score (nSPS) is 11.2. The fourth-order valence-corrected chi connectivity index (χ4v) is 2.20. The topological polar surface area (TPSA) is 52.8 Å². The molecule has 0 fully saturated rings. The maximum atomic E-state index is 9.80. The summed E-state index contributed by atoms with van der Waals surface area (Å²) in [7, 11) is 0. The smallest absolute Gasteiger partial charge is 0.160 e. The highest BCUT2D eigenvalue weighted by Crippen LogP contribution is 2.37. The first-order chi connectivity index (χ1) is 9.51. The Bertz CT molecular complexity index is 669. The van der Waals surface area contributed by atoms with Crippen LogP contribution < -0.4 is 0 Å². The minimum atomic E-state index is -0.140. The van der Waals surface area contributed by atoms with Crippen LogP contribution in [-0.2, 0) is 6.42 Å². The second-order valence-corrected chi connectivity index (χ2v) is 5.10. The van der Waals surface area contributed by atoms with Crippen LogP contribution in [0.5, 0.6) is 11.5 Å². The molecule has 0 heterocycles. The van der Waals surface area contributed by atoms with Crippen LogP contribution >= 0.6 is 23.2 Å². The van der Waals surface area contributed by atoms with Crippen molar-refractivity contribution in [3.8, 4) is 11.5 Å². The average Bonchev–Trinajstić information content (AvgIpc) is 2.42. The molecule has 0 unspecified atom stereocenters. The number of hydrogen-bond donors (Lipinski definition) is 2. The van der Waals surface area contributed by atoms with Crippen LogP contribution in [-0.4, -0.2) is 16.4 Å². The van der Waals surface area contributed by atoms with Crippen molar-refractivity contribution in [1.82, 2.24) is 0 Å². The fraction of sp³-hybridized carbons (Fsp3) is 0.133. The Morgan fingerprint density at radius 1 is 1.15 bits per heavy atom. The third-order valence-electron chi connectivity index (χ3n) is 2.85. The molecule has 0 spiro atoms. The standard InChI is InChI=1S/C15H13Cl2NO2/c1-2-9-3-4-14(19)10(5-9)8-18-13-7-11(16)6-12(17)15(13)20/h3-8,19-20H,2H2,1H3. The molecule has 5 heteroatoms. The number of aliphatic imine (C=N–C) groups is 1. The van der Waals surface area contributed by atoms with E-state index in [4.69, 9.17) is 23.2 Å². The van der Waals surface area contributed by atoms with Gasteiger partial charge in [-0.25, -0.2) is 0 Å². The number of halogens is 2. The molecule has 0 amide bonds. The Morgan fingerprint density at radius 3 is 2.60 bits per heavy atom. The number of benzene rings is 2. The summed E-state index contributed by atoms with van der Waals surface area (Å²) in [5.74, 6) is -0.0167. The highest BCUT2D eigenvalue weighted by atomic mass is 35.5. The molecule has 2 aromatic rings. The summed E-state index contributed by atoms with van der Waals surface area (Å²) >= 11 is 11.7. The van der Waals surface area contributed by atoms with E-state index in [1.54, 1.807) is 6.07 Å². The van der Waals surface area contributed by atoms with Gasteiger partial charge in [0.15, 0.2) is 5.75 Å². The van der Waals surface area contributed by atoms with E-state index in [0.717, 1.165) is 12.0 Å². The number of hydrogen-bond acceptors (Lipinski definition) is 3. The zero-order valence-electron chi connectivity index (χ0n) is 10.8. The zero-order chi connectivity index (χ0) is 14.7. The van der Waals surface area contributed by atoms with Gasteiger partial charge < -0.3 is 10.2 Å². The monoisotopic (exact) mass is 309 g/mol. The maximum Gasteiger partial charge on any atom is 0.160 e. The molecule has 0 aliphatic carbocycles. The lowest BCUT2D eigenvalue weighted by atomic mass is 10.1. The molecular formula is C15H13Cl2NO2. The molecular weight excluding hydrogens is 297 g/mol. The third kappa shape index (κ3) is 3.24. The third-order valence-corrected chi connectivity index (χ3v) is 3.36. The van der Waals surface area contributed by atoms with Gasteiger partial charge in [-0.2, -0.15) is 0 Å². The number of phenolic OH excluding ortho intramolecular Hbond substituents is 2. The Morgan fingerprint density at radius 2 is 1.90 bits per heavy atom. The molecule has 0 radical (unpaired) electrons. The van der Waals surface area contributed by atoms with Gasteiger partial charge in [0, 0.05) is 16.8 Å². The van der Waals surface area contributed by atoms with Crippen molar-refractivity contribution in [2.45, 2.75) is 13.3 Å². The van der Waals surface area contributed by atoms with E-state index in [1.165, 1.54) is 18.3 Å². The van der Waals surface area contributed by atoms with Gasteiger partial charge in [-0.1, -0.05) is 36.2 Å². The summed E-state index contributed by atoms with van der Waals surface area (Å²) in [5, 5.41) is 20.1. The van der Waals surface area contributed by atoms with Gasteiger partial charge in [0.05, 0.1) is 5.02 Å². The molecule has 3 nitrogen and oxygen atoms in total. The molecule has 0 saturated heterocycles. The van der Waals surface area contributed by atoms with Gasteiger partial charge in [0.1, 0.15) is 11.4 Å². The van der Waals surface area contributed by atoms with Gasteiger partial charge in [-0.05, 0) is 36.2 Å². The Kier molecular flexibility index (Phi) is 4.53. The highest BCUT2D eigenvalue weighted by Gasteiger charge is 2.07. The van der Waals surface area contributed by atoms with Crippen molar-refractivity contribution >= 4 is 35.1 Å². The first-order valence-electron chi connectivity index (χ1n) is 6.05. The van der Waals surface area contributed by atoms with Crippen LogP contribution in [0.3, 0.4) is 0 Å². The summed E-state index contributed by atoms with van der Waals surface area (Å²) < 4.78 is 0. The SMILES string of the molecule is CCc1ccc(O)c(C=Nc2cc(Cl)cc(Cl)c2O)c1. The predicted octanol–water partition coefficient (Wildman–Crippen LogP) is 4.72. The fourth-order valence-electron chi connectivity index (χ4n) is 1.72. The summed E-state index contributed by atoms with van der Waals surface area (Å²) in [6, 6.07) is 8.24. The van der Waals surface area contributed by atoms with Crippen molar-refractivity contribution in [1.29, 1.82) is 0 Å². The number of aromatic hydroxyl groups is 2. The Labute approximate surface area is 127 Å². The van der Waals surface area contributed by atoms with Gasteiger partial charge in [-0.15, -0.1) is 0 Å². The van der Waals surface area contributed by atoms with E-state index >= 15 is 0 Å². The lowest BCUT2D eigenvalue weighted by Gasteiger charge is -2.04. The zero-order valence-corrected chi connectivity index (χ0v) is 12.3. The summed E-state index contributed by atoms with van der Waals surface area (Å²) in [6.45, 7) is 2.02. The molecule has 0 aromatic heterocycles. The van der Waals surface area contributed by atoms with E-state index in [9.17, 15) is 10.2 Å². The van der Waals surface area contributed by atoms with Crippen LogP contribution in [0.2, 0.25) is 10.0 Å². The largest absolute Gasteiger partial charge is 0.507 e. The van der Waals surface area contributed by atoms with Crippen LogP contribution in [0.25, 0.3) is 0 Å². The summed E-state index contributed by atoms with van der Waals surface area (Å²) in [4.78, 5) is 4.13. The van der Waals surface area contributed by atoms with Crippen molar-refractivity contribution in [2.75, 3.05) is 0 Å². The lowest BCUT2D eigenvalue weighted by molar-refractivity contribution is 0.473. The first kappa shape index (κ1) is 14.7. The summed E-state index contributed by atoms with van der Waals surface area (Å²) in [6.07, 6.45) is 2.32. The Hall–Kier alpha value is -1.71. The van der Waals surface area contributed by atoms with Gasteiger partial charge in [0.2, 0.25) is 0 Å². The number of rotatable bonds is 3. The summed E-state index contributed by atoms with van der Waals surface area (Å²) in [5.41, 5.74) is 1.90. The molecule has 2 rings (SSSR count). The van der Waals surface area contributed by atoms with E-state index in [0.29, 0.717) is 10.6 Å². The number of aryl methyl sites for hydroxylation is 1. The second-order valence-electron chi connectivity index (χ2n) is 4.26. The Balaban J connectivity index is 2.39. The van der Waals surface area contributed by atoms with Crippen LogP contribution in [0.4, 0.5) is 5.69 Å².